The van der Waals surface area contributed by atoms with Crippen molar-refractivity contribution in [1.29, 1.82) is 0 Å². The molecule has 4 nitrogen and oxygen atoms in total. The molecule has 1 heterocycles. The van der Waals surface area contributed by atoms with Gasteiger partial charge in [-0.25, -0.2) is 9.37 Å². The molecule has 1 N–H and O–H groups in total. The normalized spacial score (nSPS) is 10.5. The van der Waals surface area contributed by atoms with Crippen LogP contribution in [-0.4, -0.2) is 31.5 Å². The molecule has 0 bridgehead atoms. The van der Waals surface area contributed by atoms with Crippen molar-refractivity contribution in [2.45, 2.75) is 0 Å². The van der Waals surface area contributed by atoms with Crippen LogP contribution in [0.5, 0.6) is 0 Å². The Kier molecular flexibility index (Phi) is 3.23. The zero-order valence-corrected chi connectivity index (χ0v) is 10.3. The third kappa shape index (κ3) is 2.36. The molecule has 0 aliphatic rings. The second kappa shape index (κ2) is 4.67. The van der Waals surface area contributed by atoms with Gasteiger partial charge in [0, 0.05) is 14.1 Å². The van der Waals surface area contributed by atoms with Gasteiger partial charge in [-0.15, -0.1) is 0 Å². The summed E-state index contributed by atoms with van der Waals surface area (Å²) < 4.78 is 14.2. The Bertz CT molecular complexity index is 555. The zero-order chi connectivity index (χ0) is 12.4. The van der Waals surface area contributed by atoms with E-state index in [0.29, 0.717) is 10.6 Å². The van der Waals surface area contributed by atoms with Gasteiger partial charge in [0.1, 0.15) is 11.3 Å². The van der Waals surface area contributed by atoms with Gasteiger partial charge in [-0.3, -0.25) is 4.79 Å². The van der Waals surface area contributed by atoms with Gasteiger partial charge in [0.05, 0.1) is 11.2 Å². The Morgan fingerprint density at radius 2 is 2.35 bits per heavy atom. The van der Waals surface area contributed by atoms with Crippen molar-refractivity contribution in [1.82, 2.24) is 10.3 Å². The van der Waals surface area contributed by atoms with Gasteiger partial charge >= 0.3 is 0 Å². The first-order chi connectivity index (χ1) is 8.11. The summed E-state index contributed by atoms with van der Waals surface area (Å²) >= 11 is 1.37. The predicted molar refractivity (Wildman–Crippen MR) is 66.9 cm³/mol. The maximum atomic E-state index is 13.4. The van der Waals surface area contributed by atoms with Crippen LogP contribution in [0.1, 0.15) is 0 Å². The maximum absolute atomic E-state index is 13.4. The predicted octanol–water partition coefficient (Wildman–Crippen LogP) is 1.62. The number of benzene rings is 1. The van der Waals surface area contributed by atoms with E-state index in [1.54, 1.807) is 25.1 Å². The van der Waals surface area contributed by atoms with Gasteiger partial charge < -0.3 is 10.2 Å². The number of amides is 1. The maximum Gasteiger partial charge on any atom is 0.239 e. The minimum absolute atomic E-state index is 0.104. The van der Waals surface area contributed by atoms with Crippen molar-refractivity contribution in [2.24, 2.45) is 0 Å². The molecule has 0 saturated heterocycles. The van der Waals surface area contributed by atoms with E-state index >= 15 is 0 Å². The number of nitrogens with one attached hydrogen (secondary N) is 1. The lowest BCUT2D eigenvalue weighted by Crippen LogP contribution is -2.32. The van der Waals surface area contributed by atoms with E-state index in [-0.39, 0.29) is 18.3 Å². The Labute approximate surface area is 102 Å². The summed E-state index contributed by atoms with van der Waals surface area (Å²) in [4.78, 5) is 17.1. The van der Waals surface area contributed by atoms with Gasteiger partial charge in [0.25, 0.3) is 0 Å². The fourth-order valence-electron chi connectivity index (χ4n) is 1.43. The standard InChI is InChI=1S/C11H12FN3OS/c1-13-9(16)6-15(2)11-14-10-7(12)4-3-5-8(10)17-11/h3-5H,6H2,1-2H3,(H,13,16). The fraction of sp³-hybridized carbons (Fsp3) is 0.273. The van der Waals surface area contributed by atoms with Crippen LogP contribution < -0.4 is 10.2 Å². The number of halogens is 1. The molecule has 1 amide bonds. The summed E-state index contributed by atoms with van der Waals surface area (Å²) in [5.74, 6) is -0.439. The molecule has 17 heavy (non-hydrogen) atoms. The fourth-order valence-corrected chi connectivity index (χ4v) is 2.37. The smallest absolute Gasteiger partial charge is 0.239 e. The zero-order valence-electron chi connectivity index (χ0n) is 9.53. The minimum Gasteiger partial charge on any atom is -0.358 e. The molecule has 1 aromatic carbocycles. The summed E-state index contributed by atoms with van der Waals surface area (Å²) in [7, 11) is 3.33. The van der Waals surface area contributed by atoms with E-state index in [2.05, 4.69) is 10.3 Å². The molecule has 90 valence electrons. The molecule has 0 atom stereocenters. The third-order valence-corrected chi connectivity index (χ3v) is 3.48. The highest BCUT2D eigenvalue weighted by molar-refractivity contribution is 7.22. The average molecular weight is 253 g/mol. The van der Waals surface area contributed by atoms with Crippen LogP contribution in [0.3, 0.4) is 0 Å². The van der Waals surface area contributed by atoms with Crippen molar-refractivity contribution in [2.75, 3.05) is 25.5 Å². The number of para-hydroxylation sites is 1. The molecule has 1 aromatic heterocycles. The van der Waals surface area contributed by atoms with Gasteiger partial charge in [-0.2, -0.15) is 0 Å². The second-order valence-corrected chi connectivity index (χ2v) is 4.62. The molecule has 6 heteroatoms. The molecule has 0 fully saturated rings. The number of carbonyl (C=O) groups excluding carboxylic acids is 1. The molecule has 0 spiro atoms. The molecule has 0 radical (unpaired) electrons. The van der Waals surface area contributed by atoms with E-state index in [1.807, 2.05) is 6.07 Å². The van der Waals surface area contributed by atoms with Gasteiger partial charge in [-0.1, -0.05) is 17.4 Å². The van der Waals surface area contributed by atoms with Crippen molar-refractivity contribution in [3.05, 3.63) is 24.0 Å². The number of likely N-dealkylation sites (N-methyl/N-ethyl adjacent to an activating group) is 2. The summed E-state index contributed by atoms with van der Waals surface area (Å²) in [5.41, 5.74) is 0.358. The topological polar surface area (TPSA) is 45.2 Å². The van der Waals surface area contributed by atoms with Crippen LogP contribution in [0, 0.1) is 5.82 Å². The lowest BCUT2D eigenvalue weighted by atomic mass is 10.3. The van der Waals surface area contributed by atoms with Crippen molar-refractivity contribution in [3.8, 4) is 0 Å². The SMILES string of the molecule is CNC(=O)CN(C)c1nc2c(F)cccc2s1. The summed E-state index contributed by atoms with van der Waals surface area (Å²) in [6.07, 6.45) is 0. The van der Waals surface area contributed by atoms with Gasteiger partial charge in [0.2, 0.25) is 5.91 Å². The van der Waals surface area contributed by atoms with Crippen molar-refractivity contribution < 1.29 is 9.18 Å². The van der Waals surface area contributed by atoms with Crippen LogP contribution in [0.4, 0.5) is 9.52 Å². The summed E-state index contributed by atoms with van der Waals surface area (Å²) in [5, 5.41) is 3.17. The molecule has 0 aliphatic carbocycles. The van der Waals surface area contributed by atoms with Crippen LogP contribution in [-0.2, 0) is 4.79 Å². The van der Waals surface area contributed by atoms with E-state index in [4.69, 9.17) is 0 Å². The summed E-state index contributed by atoms with van der Waals surface area (Å²) in [6.45, 7) is 0.206. The number of rotatable bonds is 3. The monoisotopic (exact) mass is 253 g/mol. The molecule has 2 rings (SSSR count). The van der Waals surface area contributed by atoms with Crippen LogP contribution in [0.2, 0.25) is 0 Å². The lowest BCUT2D eigenvalue weighted by molar-refractivity contribution is -0.119. The first kappa shape index (κ1) is 11.8. The first-order valence-electron chi connectivity index (χ1n) is 5.08. The highest BCUT2D eigenvalue weighted by atomic mass is 32.1. The molecular formula is C11H12FN3OS. The van der Waals surface area contributed by atoms with Crippen LogP contribution in [0.25, 0.3) is 10.2 Å². The quantitative estimate of drug-likeness (QED) is 0.904. The highest BCUT2D eigenvalue weighted by Gasteiger charge is 2.12. The molecule has 0 unspecified atom stereocenters. The number of fused-ring (bicyclic) bond motifs is 1. The summed E-state index contributed by atoms with van der Waals surface area (Å²) in [6, 6.07) is 4.84. The Hall–Kier alpha value is -1.69. The first-order valence-corrected chi connectivity index (χ1v) is 5.90. The van der Waals surface area contributed by atoms with E-state index < -0.39 is 0 Å². The number of anilines is 1. The number of hydrogen-bond donors (Lipinski definition) is 1. The third-order valence-electron chi connectivity index (χ3n) is 2.34. The molecular weight excluding hydrogens is 241 g/mol. The van der Waals surface area contributed by atoms with Crippen LogP contribution in [0.15, 0.2) is 18.2 Å². The largest absolute Gasteiger partial charge is 0.358 e. The van der Waals surface area contributed by atoms with Crippen molar-refractivity contribution in [3.63, 3.8) is 0 Å². The number of thiazole rings is 1. The van der Waals surface area contributed by atoms with E-state index in [9.17, 15) is 9.18 Å². The second-order valence-electron chi connectivity index (χ2n) is 3.61. The van der Waals surface area contributed by atoms with Crippen molar-refractivity contribution >= 4 is 32.6 Å². The minimum atomic E-state index is -0.335. The number of hydrogen-bond acceptors (Lipinski definition) is 4. The number of aromatic nitrogens is 1. The Balaban J connectivity index is 2.30. The highest BCUT2D eigenvalue weighted by Crippen LogP contribution is 2.29. The lowest BCUT2D eigenvalue weighted by Gasteiger charge is -2.13. The van der Waals surface area contributed by atoms with E-state index in [0.717, 1.165) is 4.70 Å². The number of nitrogens with zero attached hydrogens (tertiary/aromatic N) is 2. The van der Waals surface area contributed by atoms with Crippen LogP contribution >= 0.6 is 11.3 Å². The van der Waals surface area contributed by atoms with Gasteiger partial charge in [-0.05, 0) is 12.1 Å². The Morgan fingerprint density at radius 1 is 1.59 bits per heavy atom. The molecule has 2 aromatic rings. The Morgan fingerprint density at radius 3 is 3.00 bits per heavy atom. The average Bonchev–Trinajstić information content (AvgIpc) is 2.74. The van der Waals surface area contributed by atoms with E-state index in [1.165, 1.54) is 17.4 Å². The molecule has 0 aliphatic heterocycles. The number of carbonyl (C=O) groups is 1. The molecule has 0 saturated carbocycles. The van der Waals surface area contributed by atoms with Gasteiger partial charge in [0.15, 0.2) is 5.13 Å².